The molecule has 0 saturated heterocycles. The fraction of sp³-hybridized carbons (Fsp3) is 0.0870. The van der Waals surface area contributed by atoms with Gasteiger partial charge in [-0.15, -0.1) is 0 Å². The molecule has 1 aromatic heterocycles. The molecule has 4 aromatic rings. The molecule has 5 rings (SSSR count). The standard InChI is InChI=1S/C23H18N2/c1-16-11-19-13-20(25-15-18-9-5-6-10-23(18)24-25)14-22(21(19)12-16)17-7-3-2-4-8-17/h2-10,12-15H,11H2,1H3. The Morgan fingerprint density at radius 2 is 1.72 bits per heavy atom. The van der Waals surface area contributed by atoms with Crippen LogP contribution in [0.4, 0.5) is 0 Å². The summed E-state index contributed by atoms with van der Waals surface area (Å²) >= 11 is 0. The highest BCUT2D eigenvalue weighted by Gasteiger charge is 2.17. The average molecular weight is 322 g/mol. The van der Waals surface area contributed by atoms with Crippen molar-refractivity contribution in [2.75, 3.05) is 0 Å². The maximum absolute atomic E-state index is 4.76. The maximum atomic E-state index is 4.76. The lowest BCUT2D eigenvalue weighted by Gasteiger charge is -2.12. The van der Waals surface area contributed by atoms with Gasteiger partial charge in [-0.1, -0.05) is 60.2 Å². The van der Waals surface area contributed by atoms with Crippen LogP contribution in [0, 0.1) is 0 Å². The van der Waals surface area contributed by atoms with E-state index in [4.69, 9.17) is 5.10 Å². The molecule has 1 aliphatic carbocycles. The van der Waals surface area contributed by atoms with E-state index in [-0.39, 0.29) is 0 Å². The van der Waals surface area contributed by atoms with E-state index in [9.17, 15) is 0 Å². The Hall–Kier alpha value is -3.13. The first-order chi connectivity index (χ1) is 12.3. The fourth-order valence-electron chi connectivity index (χ4n) is 3.70. The molecule has 1 aliphatic rings. The summed E-state index contributed by atoms with van der Waals surface area (Å²) in [5, 5.41) is 5.93. The molecule has 0 aliphatic heterocycles. The summed E-state index contributed by atoms with van der Waals surface area (Å²) in [6.07, 6.45) is 5.45. The Bertz CT molecular complexity index is 1080. The molecule has 0 radical (unpaired) electrons. The number of hydrogen-bond acceptors (Lipinski definition) is 1. The fourth-order valence-corrected chi connectivity index (χ4v) is 3.70. The van der Waals surface area contributed by atoms with Gasteiger partial charge in [-0.2, -0.15) is 5.10 Å². The minimum Gasteiger partial charge on any atom is -0.240 e. The second kappa shape index (κ2) is 5.45. The SMILES string of the molecule is CC1=Cc2c(cc(-n3cc4ccccc4n3)cc2-c2ccccc2)C1. The molecule has 0 fully saturated rings. The molecule has 0 saturated carbocycles. The van der Waals surface area contributed by atoms with Gasteiger partial charge < -0.3 is 0 Å². The van der Waals surface area contributed by atoms with Crippen LogP contribution in [0.5, 0.6) is 0 Å². The number of aromatic nitrogens is 2. The predicted molar refractivity (Wildman–Crippen MR) is 104 cm³/mol. The van der Waals surface area contributed by atoms with E-state index in [1.54, 1.807) is 0 Å². The quantitative estimate of drug-likeness (QED) is 0.466. The first kappa shape index (κ1) is 14.2. The van der Waals surface area contributed by atoms with E-state index in [1.807, 2.05) is 10.7 Å². The molecular weight excluding hydrogens is 304 g/mol. The van der Waals surface area contributed by atoms with Gasteiger partial charge >= 0.3 is 0 Å². The number of fused-ring (bicyclic) bond motifs is 2. The summed E-state index contributed by atoms with van der Waals surface area (Å²) in [5.74, 6) is 0. The number of benzene rings is 3. The molecule has 1 heterocycles. The van der Waals surface area contributed by atoms with Crippen LogP contribution in [0.25, 0.3) is 33.8 Å². The van der Waals surface area contributed by atoms with E-state index in [0.717, 1.165) is 17.6 Å². The number of hydrogen-bond donors (Lipinski definition) is 0. The van der Waals surface area contributed by atoms with Crippen molar-refractivity contribution >= 4 is 17.0 Å². The van der Waals surface area contributed by atoms with Crippen LogP contribution in [0.15, 0.2) is 78.5 Å². The van der Waals surface area contributed by atoms with Crippen molar-refractivity contribution in [3.8, 4) is 16.8 Å². The normalized spacial score (nSPS) is 13.1. The summed E-state index contributed by atoms with van der Waals surface area (Å²) in [4.78, 5) is 0. The van der Waals surface area contributed by atoms with Crippen molar-refractivity contribution in [2.24, 2.45) is 0 Å². The highest BCUT2D eigenvalue weighted by atomic mass is 15.3. The van der Waals surface area contributed by atoms with Crippen LogP contribution in [-0.4, -0.2) is 9.78 Å². The Balaban J connectivity index is 1.73. The van der Waals surface area contributed by atoms with Gasteiger partial charge in [0.25, 0.3) is 0 Å². The van der Waals surface area contributed by atoms with Gasteiger partial charge in [-0.3, -0.25) is 0 Å². The summed E-state index contributed by atoms with van der Waals surface area (Å²) in [6.45, 7) is 2.21. The van der Waals surface area contributed by atoms with Gasteiger partial charge in [-0.25, -0.2) is 4.68 Å². The predicted octanol–water partition coefficient (Wildman–Crippen LogP) is 5.65. The second-order valence-electron chi connectivity index (χ2n) is 6.73. The van der Waals surface area contributed by atoms with Gasteiger partial charge in [0.1, 0.15) is 0 Å². The smallest absolute Gasteiger partial charge is 0.0927 e. The van der Waals surface area contributed by atoms with Gasteiger partial charge in [0.05, 0.1) is 11.2 Å². The average Bonchev–Trinajstić information content (AvgIpc) is 3.23. The van der Waals surface area contributed by atoms with Gasteiger partial charge in [0.15, 0.2) is 0 Å². The minimum atomic E-state index is 1.02. The number of allylic oxidation sites excluding steroid dienone is 1. The Kier molecular flexibility index (Phi) is 3.10. The van der Waals surface area contributed by atoms with Crippen molar-refractivity contribution in [1.82, 2.24) is 9.78 Å². The first-order valence-electron chi connectivity index (χ1n) is 8.62. The second-order valence-corrected chi connectivity index (χ2v) is 6.73. The molecule has 0 unspecified atom stereocenters. The monoisotopic (exact) mass is 322 g/mol. The summed E-state index contributed by atoms with van der Waals surface area (Å²) < 4.78 is 2.00. The van der Waals surface area contributed by atoms with Crippen LogP contribution in [0.1, 0.15) is 18.1 Å². The highest BCUT2D eigenvalue weighted by molar-refractivity contribution is 5.83. The van der Waals surface area contributed by atoms with E-state index in [0.29, 0.717) is 0 Å². The molecule has 0 amide bonds. The lowest BCUT2D eigenvalue weighted by Crippen LogP contribution is -1.98. The molecule has 3 aromatic carbocycles. The van der Waals surface area contributed by atoms with Gasteiger partial charge in [0, 0.05) is 11.6 Å². The number of rotatable bonds is 2. The minimum absolute atomic E-state index is 1.02. The van der Waals surface area contributed by atoms with Crippen LogP contribution < -0.4 is 0 Å². The van der Waals surface area contributed by atoms with Crippen molar-refractivity contribution in [3.05, 3.63) is 89.6 Å². The summed E-state index contributed by atoms with van der Waals surface area (Å²) in [7, 11) is 0. The molecule has 120 valence electrons. The number of nitrogens with zero attached hydrogens (tertiary/aromatic N) is 2. The summed E-state index contributed by atoms with van der Waals surface area (Å²) in [5.41, 5.74) is 8.83. The van der Waals surface area contributed by atoms with Crippen molar-refractivity contribution < 1.29 is 0 Å². The molecule has 25 heavy (non-hydrogen) atoms. The Morgan fingerprint density at radius 1 is 0.920 bits per heavy atom. The third-order valence-electron chi connectivity index (χ3n) is 4.87. The Labute approximate surface area is 147 Å². The van der Waals surface area contributed by atoms with Crippen molar-refractivity contribution in [2.45, 2.75) is 13.3 Å². The lowest BCUT2D eigenvalue weighted by molar-refractivity contribution is 0.894. The zero-order chi connectivity index (χ0) is 16.8. The van der Waals surface area contributed by atoms with Gasteiger partial charge in [-0.05, 0) is 53.8 Å². The van der Waals surface area contributed by atoms with Crippen molar-refractivity contribution in [3.63, 3.8) is 0 Å². The zero-order valence-electron chi connectivity index (χ0n) is 14.1. The molecule has 2 heteroatoms. The largest absolute Gasteiger partial charge is 0.240 e. The molecule has 0 bridgehead atoms. The van der Waals surface area contributed by atoms with Crippen LogP contribution in [0.3, 0.4) is 0 Å². The van der Waals surface area contributed by atoms with Gasteiger partial charge in [0.2, 0.25) is 0 Å². The van der Waals surface area contributed by atoms with Crippen LogP contribution in [-0.2, 0) is 6.42 Å². The van der Waals surface area contributed by atoms with E-state index in [2.05, 4.69) is 79.9 Å². The van der Waals surface area contributed by atoms with E-state index >= 15 is 0 Å². The lowest BCUT2D eigenvalue weighted by atomic mass is 9.96. The molecular formula is C23H18N2. The molecule has 2 nitrogen and oxygen atoms in total. The van der Waals surface area contributed by atoms with Crippen LogP contribution in [0.2, 0.25) is 0 Å². The molecule has 0 N–H and O–H groups in total. The zero-order valence-corrected chi connectivity index (χ0v) is 14.1. The first-order valence-corrected chi connectivity index (χ1v) is 8.62. The van der Waals surface area contributed by atoms with Crippen LogP contribution >= 0.6 is 0 Å². The molecule has 0 atom stereocenters. The van der Waals surface area contributed by atoms with E-state index in [1.165, 1.54) is 33.2 Å². The maximum Gasteiger partial charge on any atom is 0.0927 e. The third kappa shape index (κ3) is 2.38. The Morgan fingerprint density at radius 3 is 2.56 bits per heavy atom. The molecule has 0 spiro atoms. The highest BCUT2D eigenvalue weighted by Crippen LogP contribution is 2.36. The van der Waals surface area contributed by atoms with E-state index < -0.39 is 0 Å². The van der Waals surface area contributed by atoms with Crippen molar-refractivity contribution in [1.29, 1.82) is 0 Å². The summed E-state index contributed by atoms with van der Waals surface area (Å²) in [6, 6.07) is 23.4. The third-order valence-corrected chi connectivity index (χ3v) is 4.87. The topological polar surface area (TPSA) is 17.8 Å².